The van der Waals surface area contributed by atoms with Crippen molar-refractivity contribution in [1.29, 1.82) is 0 Å². The molecule has 3 aromatic rings. The maximum absolute atomic E-state index is 13.9. The van der Waals surface area contributed by atoms with E-state index in [4.69, 9.17) is 0 Å². The zero-order chi connectivity index (χ0) is 27.2. The van der Waals surface area contributed by atoms with Crippen molar-refractivity contribution in [2.45, 2.75) is 51.2 Å². The Balaban J connectivity index is 2.03. The number of para-hydroxylation sites is 1. The quantitative estimate of drug-likeness (QED) is 0.367. The van der Waals surface area contributed by atoms with Crippen LogP contribution in [0.15, 0.2) is 88.2 Å². The Bertz CT molecular complexity index is 1350. The van der Waals surface area contributed by atoms with Crippen LogP contribution in [0.25, 0.3) is 0 Å². The first-order chi connectivity index (χ1) is 17.5. The van der Waals surface area contributed by atoms with E-state index in [9.17, 15) is 18.0 Å². The van der Waals surface area contributed by atoms with Crippen LogP contribution in [0, 0.1) is 6.92 Å². The van der Waals surface area contributed by atoms with E-state index in [0.29, 0.717) is 11.3 Å². The number of nitrogens with zero attached hydrogens (tertiary/aromatic N) is 2. The smallest absolute Gasteiger partial charge is 0.264 e. The summed E-state index contributed by atoms with van der Waals surface area (Å²) >= 11 is 3.45. The number of anilines is 1. The number of rotatable bonds is 10. The van der Waals surface area contributed by atoms with Gasteiger partial charge in [-0.2, -0.15) is 0 Å². The third-order valence-corrected chi connectivity index (χ3v) is 8.10. The van der Waals surface area contributed by atoms with Crippen molar-refractivity contribution in [3.05, 3.63) is 94.5 Å². The lowest BCUT2D eigenvalue weighted by Crippen LogP contribution is -2.52. The van der Waals surface area contributed by atoms with Gasteiger partial charge in [0.1, 0.15) is 12.6 Å². The second kappa shape index (κ2) is 12.4. The second-order valence-electron chi connectivity index (χ2n) is 9.10. The molecular weight excluding hydrogens is 554 g/mol. The first-order valence-electron chi connectivity index (χ1n) is 12.0. The van der Waals surface area contributed by atoms with Crippen molar-refractivity contribution in [2.24, 2.45) is 0 Å². The van der Waals surface area contributed by atoms with E-state index in [1.807, 2.05) is 44.2 Å². The molecular formula is C28H32BrN3O4S. The summed E-state index contributed by atoms with van der Waals surface area (Å²) in [7, 11) is -4.07. The molecule has 0 saturated heterocycles. The number of hydrogen-bond donors (Lipinski definition) is 1. The van der Waals surface area contributed by atoms with Gasteiger partial charge in [0, 0.05) is 17.1 Å². The van der Waals surface area contributed by atoms with E-state index >= 15 is 0 Å². The molecule has 196 valence electrons. The second-order valence-corrected chi connectivity index (χ2v) is 11.9. The van der Waals surface area contributed by atoms with E-state index in [1.54, 1.807) is 50.2 Å². The monoisotopic (exact) mass is 585 g/mol. The van der Waals surface area contributed by atoms with Crippen LogP contribution in [0.5, 0.6) is 0 Å². The van der Waals surface area contributed by atoms with Gasteiger partial charge < -0.3 is 10.2 Å². The molecule has 0 bridgehead atoms. The molecule has 3 aromatic carbocycles. The van der Waals surface area contributed by atoms with Crippen LogP contribution in [0.2, 0.25) is 0 Å². The standard InChI is InChI=1S/C28H32BrN3O4S/c1-20(2)30-28(34)22(4)31(18-23-12-10-13-24(29)17-23)27(33)19-32(26-16-9-8-11-21(26)3)37(35,36)25-14-6-5-7-15-25/h5-17,20,22H,18-19H2,1-4H3,(H,30,34)/t22-/m0/s1. The Hall–Kier alpha value is -3.17. The van der Waals surface area contributed by atoms with E-state index in [2.05, 4.69) is 21.2 Å². The summed E-state index contributed by atoms with van der Waals surface area (Å²) in [5.41, 5.74) is 1.92. The van der Waals surface area contributed by atoms with Crippen molar-refractivity contribution < 1.29 is 18.0 Å². The zero-order valence-corrected chi connectivity index (χ0v) is 23.8. The molecule has 0 unspecified atom stereocenters. The van der Waals surface area contributed by atoms with Gasteiger partial charge in [-0.3, -0.25) is 13.9 Å². The topological polar surface area (TPSA) is 86.8 Å². The van der Waals surface area contributed by atoms with Crippen molar-refractivity contribution >= 4 is 43.5 Å². The van der Waals surface area contributed by atoms with Crippen LogP contribution in [-0.4, -0.2) is 43.8 Å². The lowest BCUT2D eigenvalue weighted by molar-refractivity contribution is -0.139. The summed E-state index contributed by atoms with van der Waals surface area (Å²) in [4.78, 5) is 28.3. The average molecular weight is 587 g/mol. The maximum atomic E-state index is 13.9. The molecule has 2 amide bonds. The van der Waals surface area contributed by atoms with E-state index in [0.717, 1.165) is 14.3 Å². The molecule has 0 fully saturated rings. The molecule has 0 aliphatic rings. The SMILES string of the molecule is Cc1ccccc1N(CC(=O)N(Cc1cccc(Br)c1)[C@@H](C)C(=O)NC(C)C)S(=O)(=O)c1ccccc1. The van der Waals surface area contributed by atoms with Gasteiger partial charge in [-0.05, 0) is 69.2 Å². The van der Waals surface area contributed by atoms with Crippen LogP contribution in [-0.2, 0) is 26.2 Å². The number of nitrogens with one attached hydrogen (secondary N) is 1. The fourth-order valence-electron chi connectivity index (χ4n) is 3.90. The number of hydrogen-bond acceptors (Lipinski definition) is 4. The normalized spacial score (nSPS) is 12.2. The Morgan fingerprint density at radius 1 is 0.919 bits per heavy atom. The molecule has 0 aliphatic carbocycles. The highest BCUT2D eigenvalue weighted by Gasteiger charge is 2.33. The highest BCUT2D eigenvalue weighted by atomic mass is 79.9. The van der Waals surface area contributed by atoms with Gasteiger partial charge in [0.25, 0.3) is 10.0 Å². The average Bonchev–Trinajstić information content (AvgIpc) is 2.86. The molecule has 0 saturated carbocycles. The molecule has 37 heavy (non-hydrogen) atoms. The molecule has 1 N–H and O–H groups in total. The molecule has 0 aromatic heterocycles. The summed E-state index contributed by atoms with van der Waals surface area (Å²) < 4.78 is 29.5. The summed E-state index contributed by atoms with van der Waals surface area (Å²) in [6.07, 6.45) is 0. The molecule has 7 nitrogen and oxygen atoms in total. The third-order valence-electron chi connectivity index (χ3n) is 5.83. The first-order valence-corrected chi connectivity index (χ1v) is 14.2. The van der Waals surface area contributed by atoms with Crippen LogP contribution in [0.3, 0.4) is 0 Å². The fourth-order valence-corrected chi connectivity index (χ4v) is 5.84. The van der Waals surface area contributed by atoms with E-state index in [-0.39, 0.29) is 23.4 Å². The first kappa shape index (κ1) is 28.4. The van der Waals surface area contributed by atoms with Gasteiger partial charge in [-0.15, -0.1) is 0 Å². The highest BCUT2D eigenvalue weighted by Crippen LogP contribution is 2.27. The van der Waals surface area contributed by atoms with Gasteiger partial charge in [-0.25, -0.2) is 8.42 Å². The highest BCUT2D eigenvalue weighted by molar-refractivity contribution is 9.10. The Morgan fingerprint density at radius 3 is 2.19 bits per heavy atom. The van der Waals surface area contributed by atoms with E-state index in [1.165, 1.54) is 17.0 Å². The molecule has 1 atom stereocenters. The molecule has 3 rings (SSSR count). The van der Waals surface area contributed by atoms with Gasteiger partial charge in [0.15, 0.2) is 0 Å². The lowest BCUT2D eigenvalue weighted by Gasteiger charge is -2.32. The predicted molar refractivity (Wildman–Crippen MR) is 150 cm³/mol. The van der Waals surface area contributed by atoms with E-state index < -0.39 is 28.5 Å². The van der Waals surface area contributed by atoms with Crippen molar-refractivity contribution in [2.75, 3.05) is 10.8 Å². The summed E-state index contributed by atoms with van der Waals surface area (Å²) in [5.74, 6) is -0.805. The molecule has 0 heterocycles. The Kier molecular flexibility index (Phi) is 9.50. The van der Waals surface area contributed by atoms with Gasteiger partial charge >= 0.3 is 0 Å². The Morgan fingerprint density at radius 2 is 1.57 bits per heavy atom. The lowest BCUT2D eigenvalue weighted by atomic mass is 10.1. The number of carbonyl (C=O) groups is 2. The maximum Gasteiger partial charge on any atom is 0.264 e. The molecule has 0 spiro atoms. The molecule has 0 aliphatic heterocycles. The zero-order valence-electron chi connectivity index (χ0n) is 21.4. The minimum absolute atomic E-state index is 0.0789. The third kappa shape index (κ3) is 7.20. The molecule has 9 heteroatoms. The minimum Gasteiger partial charge on any atom is -0.352 e. The number of halogens is 1. The summed E-state index contributed by atoms with van der Waals surface area (Å²) in [6.45, 7) is 6.81. The van der Waals surface area contributed by atoms with Crippen LogP contribution in [0.1, 0.15) is 31.9 Å². The fraction of sp³-hybridized carbons (Fsp3) is 0.286. The number of sulfonamides is 1. The minimum atomic E-state index is -4.07. The van der Waals surface area contributed by atoms with Gasteiger partial charge in [0.2, 0.25) is 11.8 Å². The predicted octanol–water partition coefficient (Wildman–Crippen LogP) is 4.89. The van der Waals surface area contributed by atoms with Crippen molar-refractivity contribution in [1.82, 2.24) is 10.2 Å². The summed E-state index contributed by atoms with van der Waals surface area (Å²) in [6, 6.07) is 21.6. The largest absolute Gasteiger partial charge is 0.352 e. The van der Waals surface area contributed by atoms with Crippen molar-refractivity contribution in [3.8, 4) is 0 Å². The number of aryl methyl sites for hydroxylation is 1. The van der Waals surface area contributed by atoms with Crippen LogP contribution >= 0.6 is 15.9 Å². The van der Waals surface area contributed by atoms with Crippen LogP contribution < -0.4 is 9.62 Å². The van der Waals surface area contributed by atoms with Crippen molar-refractivity contribution in [3.63, 3.8) is 0 Å². The Labute approximate surface area is 227 Å². The molecule has 0 radical (unpaired) electrons. The van der Waals surface area contributed by atoms with Gasteiger partial charge in [0.05, 0.1) is 10.6 Å². The number of carbonyl (C=O) groups excluding carboxylic acids is 2. The van der Waals surface area contributed by atoms with Gasteiger partial charge in [-0.1, -0.05) is 64.5 Å². The summed E-state index contributed by atoms with van der Waals surface area (Å²) in [5, 5.41) is 2.85. The number of amides is 2. The van der Waals surface area contributed by atoms with Crippen LogP contribution in [0.4, 0.5) is 5.69 Å². The number of benzene rings is 3.